The average Bonchev–Trinajstić information content (AvgIpc) is 3.25. The summed E-state index contributed by atoms with van der Waals surface area (Å²) in [5.41, 5.74) is 3.03. The molecule has 8 nitrogen and oxygen atoms in total. The smallest absolute Gasteiger partial charge is 0.337 e. The lowest BCUT2D eigenvalue weighted by molar-refractivity contribution is -0.137. The summed E-state index contributed by atoms with van der Waals surface area (Å²) in [6.07, 6.45) is 1.21. The minimum atomic E-state index is -4.50. The number of aromatic nitrogens is 4. The molecular formula is C25H19F4N7O. The molecule has 4 aromatic rings. The second kappa shape index (κ2) is 10.3. The maximum atomic E-state index is 14.7. The molecule has 2 aromatic heterocycles. The SMILES string of the molecule is C=C=CC(=O)Nc1ccc(F)c(Nc2nc(Nc3cnn(C)c3)ncc2-c2ccc(C(F)(F)F)cc2)c1. The number of carbonyl (C=O) groups is 1. The molecule has 0 saturated carbocycles. The van der Waals surface area contributed by atoms with Gasteiger partial charge in [0.1, 0.15) is 11.6 Å². The highest BCUT2D eigenvalue weighted by molar-refractivity contribution is 5.99. The number of hydrogen-bond donors (Lipinski definition) is 3. The molecule has 3 N–H and O–H groups in total. The van der Waals surface area contributed by atoms with Gasteiger partial charge in [-0.3, -0.25) is 9.48 Å². The lowest BCUT2D eigenvalue weighted by atomic mass is 10.1. The van der Waals surface area contributed by atoms with Crippen molar-refractivity contribution in [2.75, 3.05) is 16.0 Å². The molecule has 1 amide bonds. The number of aryl methyl sites for hydroxylation is 1. The summed E-state index contributed by atoms with van der Waals surface area (Å²) < 4.78 is 55.4. The molecule has 4 rings (SSSR count). The van der Waals surface area contributed by atoms with Crippen molar-refractivity contribution in [2.45, 2.75) is 6.18 Å². The third-order valence-corrected chi connectivity index (χ3v) is 4.99. The molecule has 0 spiro atoms. The van der Waals surface area contributed by atoms with E-state index in [4.69, 9.17) is 0 Å². The first-order valence-corrected chi connectivity index (χ1v) is 10.7. The zero-order valence-corrected chi connectivity index (χ0v) is 19.3. The van der Waals surface area contributed by atoms with Gasteiger partial charge < -0.3 is 16.0 Å². The molecule has 0 atom stereocenters. The highest BCUT2D eigenvalue weighted by Crippen LogP contribution is 2.34. The Kier molecular flexibility index (Phi) is 7.03. The first-order chi connectivity index (χ1) is 17.6. The van der Waals surface area contributed by atoms with E-state index in [0.29, 0.717) is 16.8 Å². The van der Waals surface area contributed by atoms with Gasteiger partial charge in [-0.1, -0.05) is 18.7 Å². The Morgan fingerprint density at radius 2 is 1.84 bits per heavy atom. The summed E-state index contributed by atoms with van der Waals surface area (Å²) in [7, 11) is 1.73. The van der Waals surface area contributed by atoms with E-state index in [2.05, 4.69) is 43.3 Å². The van der Waals surface area contributed by atoms with Gasteiger partial charge >= 0.3 is 6.18 Å². The normalized spacial score (nSPS) is 10.9. The fourth-order valence-electron chi connectivity index (χ4n) is 3.30. The topological polar surface area (TPSA) is 96.8 Å². The molecule has 0 bridgehead atoms. The van der Waals surface area contributed by atoms with Gasteiger partial charge in [0.2, 0.25) is 5.95 Å². The predicted octanol–water partition coefficient (Wildman–Crippen LogP) is 5.80. The van der Waals surface area contributed by atoms with Gasteiger partial charge in [-0.2, -0.15) is 23.3 Å². The number of anilines is 5. The van der Waals surface area contributed by atoms with E-state index in [1.165, 1.54) is 30.5 Å². The fourth-order valence-corrected chi connectivity index (χ4v) is 3.30. The molecule has 37 heavy (non-hydrogen) atoms. The summed E-state index contributed by atoms with van der Waals surface area (Å²) in [6, 6.07) is 8.27. The van der Waals surface area contributed by atoms with Crippen LogP contribution in [0.3, 0.4) is 0 Å². The summed E-state index contributed by atoms with van der Waals surface area (Å²) in [6.45, 7) is 3.33. The molecule has 0 fully saturated rings. The number of hydrogen-bond acceptors (Lipinski definition) is 6. The van der Waals surface area contributed by atoms with Crippen LogP contribution in [0.5, 0.6) is 0 Å². The quantitative estimate of drug-likeness (QED) is 0.166. The molecule has 2 aromatic carbocycles. The van der Waals surface area contributed by atoms with Gasteiger partial charge in [-0.15, -0.1) is 5.73 Å². The van der Waals surface area contributed by atoms with Crippen molar-refractivity contribution in [1.29, 1.82) is 0 Å². The van der Waals surface area contributed by atoms with Crippen LogP contribution in [-0.4, -0.2) is 25.7 Å². The van der Waals surface area contributed by atoms with Crippen molar-refractivity contribution in [3.63, 3.8) is 0 Å². The zero-order chi connectivity index (χ0) is 26.6. The summed E-state index contributed by atoms with van der Waals surface area (Å²) in [4.78, 5) is 20.5. The van der Waals surface area contributed by atoms with Crippen molar-refractivity contribution in [1.82, 2.24) is 19.7 Å². The van der Waals surface area contributed by atoms with Crippen LogP contribution in [0.2, 0.25) is 0 Å². The number of alkyl halides is 3. The van der Waals surface area contributed by atoms with Crippen LogP contribution in [0.25, 0.3) is 11.1 Å². The molecule has 188 valence electrons. The molecule has 12 heteroatoms. The molecular weight excluding hydrogens is 490 g/mol. The maximum absolute atomic E-state index is 14.7. The van der Waals surface area contributed by atoms with Crippen molar-refractivity contribution in [3.8, 4) is 11.1 Å². The lowest BCUT2D eigenvalue weighted by Crippen LogP contribution is -2.08. The van der Waals surface area contributed by atoms with E-state index in [9.17, 15) is 22.4 Å². The van der Waals surface area contributed by atoms with Crippen LogP contribution in [0.15, 0.2) is 79.4 Å². The van der Waals surface area contributed by atoms with Crippen LogP contribution < -0.4 is 16.0 Å². The van der Waals surface area contributed by atoms with Crippen molar-refractivity contribution >= 4 is 34.7 Å². The number of carbonyl (C=O) groups excluding carboxylic acids is 1. The van der Waals surface area contributed by atoms with Crippen molar-refractivity contribution in [3.05, 3.63) is 90.8 Å². The first kappa shape index (κ1) is 25.1. The Labute approximate surface area is 208 Å². The Morgan fingerprint density at radius 1 is 1.08 bits per heavy atom. The molecule has 0 radical (unpaired) electrons. The molecule has 0 aliphatic carbocycles. The van der Waals surface area contributed by atoms with Crippen molar-refractivity contribution < 1.29 is 22.4 Å². The molecule has 0 unspecified atom stereocenters. The summed E-state index contributed by atoms with van der Waals surface area (Å²) in [5.74, 6) is -0.930. The monoisotopic (exact) mass is 509 g/mol. The molecule has 2 heterocycles. The summed E-state index contributed by atoms with van der Waals surface area (Å²) >= 11 is 0. The average molecular weight is 509 g/mol. The van der Waals surface area contributed by atoms with E-state index in [1.807, 2.05) is 0 Å². The largest absolute Gasteiger partial charge is 0.416 e. The minimum absolute atomic E-state index is 0.0421. The Hall–Kier alpha value is -4.96. The highest BCUT2D eigenvalue weighted by Gasteiger charge is 2.30. The number of halogens is 4. The van der Waals surface area contributed by atoms with Gasteiger partial charge in [0.15, 0.2) is 0 Å². The van der Waals surface area contributed by atoms with E-state index in [1.54, 1.807) is 24.1 Å². The van der Waals surface area contributed by atoms with E-state index >= 15 is 0 Å². The fraction of sp³-hybridized carbons (Fsp3) is 0.0800. The zero-order valence-electron chi connectivity index (χ0n) is 19.3. The van der Waals surface area contributed by atoms with Crippen LogP contribution in [0.1, 0.15) is 5.56 Å². The lowest BCUT2D eigenvalue weighted by Gasteiger charge is -2.15. The highest BCUT2D eigenvalue weighted by atomic mass is 19.4. The van der Waals surface area contributed by atoms with Crippen molar-refractivity contribution in [2.24, 2.45) is 7.05 Å². The Balaban J connectivity index is 1.73. The van der Waals surface area contributed by atoms with Gasteiger partial charge in [-0.25, -0.2) is 9.37 Å². The van der Waals surface area contributed by atoms with Crippen LogP contribution in [0, 0.1) is 5.82 Å². The van der Waals surface area contributed by atoms with E-state index in [-0.39, 0.29) is 23.1 Å². The standard InChI is InChI=1S/C25H19F4N7O/c1-3-4-22(37)32-17-9-10-20(26)21(11-17)34-23-19(15-5-7-16(8-6-15)25(27,28)29)13-30-24(35-23)33-18-12-31-36(2)14-18/h4-14H,1H2,2H3,(H,32,37)(H2,30,33,34,35). The predicted molar refractivity (Wildman–Crippen MR) is 131 cm³/mol. The number of benzene rings is 2. The third-order valence-electron chi connectivity index (χ3n) is 4.99. The Bertz CT molecular complexity index is 1490. The maximum Gasteiger partial charge on any atom is 0.416 e. The number of nitrogens with one attached hydrogen (secondary N) is 3. The second-order valence-electron chi connectivity index (χ2n) is 7.72. The van der Waals surface area contributed by atoms with E-state index < -0.39 is 23.5 Å². The van der Waals surface area contributed by atoms with Crippen LogP contribution >= 0.6 is 0 Å². The van der Waals surface area contributed by atoms with Gasteiger partial charge in [0.05, 0.1) is 23.1 Å². The van der Waals surface area contributed by atoms with Gasteiger partial charge in [0.25, 0.3) is 5.91 Å². The molecule has 0 aliphatic rings. The first-order valence-electron chi connectivity index (χ1n) is 10.7. The number of amides is 1. The number of rotatable bonds is 7. The van der Waals surface area contributed by atoms with Crippen LogP contribution in [-0.2, 0) is 18.0 Å². The molecule has 0 saturated heterocycles. The minimum Gasteiger partial charge on any atom is -0.337 e. The number of nitrogens with zero attached hydrogens (tertiary/aromatic N) is 4. The van der Waals surface area contributed by atoms with E-state index in [0.717, 1.165) is 24.3 Å². The summed E-state index contributed by atoms with van der Waals surface area (Å²) in [5, 5.41) is 12.4. The van der Waals surface area contributed by atoms with Crippen LogP contribution in [0.4, 0.5) is 46.4 Å². The van der Waals surface area contributed by atoms with Gasteiger partial charge in [0, 0.05) is 36.8 Å². The van der Waals surface area contributed by atoms with Gasteiger partial charge in [-0.05, 0) is 35.9 Å². The Morgan fingerprint density at radius 3 is 2.49 bits per heavy atom. The molecule has 0 aliphatic heterocycles. The third kappa shape index (κ3) is 6.19. The second-order valence-corrected chi connectivity index (χ2v) is 7.72.